The Labute approximate surface area is 69.1 Å². The van der Waals surface area contributed by atoms with Crippen molar-refractivity contribution in [3.8, 4) is 0 Å². The highest BCUT2D eigenvalue weighted by Gasteiger charge is 2.33. The van der Waals surface area contributed by atoms with Gasteiger partial charge in [0.25, 0.3) is 0 Å². The Morgan fingerprint density at radius 2 is 2.09 bits per heavy atom. The molecule has 1 heterocycles. The quantitative estimate of drug-likeness (QED) is 0.609. The van der Waals surface area contributed by atoms with Crippen molar-refractivity contribution >= 4 is 16.9 Å². The number of aliphatic carboxylic acids is 1. The molecular weight excluding hydrogens is 164 g/mol. The van der Waals surface area contributed by atoms with Gasteiger partial charge in [-0.25, -0.2) is 4.79 Å². The Morgan fingerprint density at radius 3 is 2.55 bits per heavy atom. The summed E-state index contributed by atoms with van der Waals surface area (Å²) < 4.78 is 5.14. The topological polar surface area (TPSA) is 46.5 Å². The molecule has 0 saturated carbocycles. The molecule has 0 aliphatic carbocycles. The van der Waals surface area contributed by atoms with E-state index in [0.29, 0.717) is 0 Å². The monoisotopic (exact) mass is 177 g/mol. The normalized spacial score (nSPS) is 23.0. The molecule has 3 nitrogen and oxygen atoms in total. The van der Waals surface area contributed by atoms with Crippen LogP contribution in [0.25, 0.3) is 0 Å². The summed E-state index contributed by atoms with van der Waals surface area (Å²) in [6.07, 6.45) is 0. The lowest BCUT2D eigenvalue weighted by atomic mass is 10.5. The zero-order valence-corrected chi connectivity index (χ0v) is 7.39. The van der Waals surface area contributed by atoms with Crippen molar-refractivity contribution in [2.24, 2.45) is 0 Å². The molecule has 1 fully saturated rings. The molecule has 1 atom stereocenters. The second kappa shape index (κ2) is 3.97. The maximum atomic E-state index is 10.6. The molecule has 0 bridgehead atoms. The zero-order chi connectivity index (χ0) is 8.27. The second-order valence-corrected chi connectivity index (χ2v) is 5.14. The third-order valence-corrected chi connectivity index (χ3v) is 4.41. The van der Waals surface area contributed by atoms with Crippen LogP contribution in [0.3, 0.4) is 0 Å². The van der Waals surface area contributed by atoms with E-state index in [4.69, 9.17) is 9.84 Å². The standard InChI is InChI=1S/C7H12O3S/c1-6(7(8)9)11-4-2-10-3-5-11/h6H,2-5H2,1H3/p+1/t6-/m0/s1. The van der Waals surface area contributed by atoms with Crippen molar-refractivity contribution in [2.45, 2.75) is 12.2 Å². The van der Waals surface area contributed by atoms with Gasteiger partial charge >= 0.3 is 5.97 Å². The van der Waals surface area contributed by atoms with E-state index in [1.54, 1.807) is 6.92 Å². The number of hydrogen-bond donors (Lipinski definition) is 1. The molecular formula is C7H13O3S+. The molecule has 0 unspecified atom stereocenters. The Kier molecular flexibility index (Phi) is 3.20. The van der Waals surface area contributed by atoms with Crippen LogP contribution in [0.15, 0.2) is 0 Å². The van der Waals surface area contributed by atoms with Crippen LogP contribution in [0.1, 0.15) is 6.92 Å². The van der Waals surface area contributed by atoms with Gasteiger partial charge in [-0.15, -0.1) is 0 Å². The molecule has 0 aromatic heterocycles. The molecule has 0 amide bonds. The minimum absolute atomic E-state index is 0.0559. The summed E-state index contributed by atoms with van der Waals surface area (Å²) >= 11 is 0. The molecule has 0 aromatic carbocycles. The summed E-state index contributed by atoms with van der Waals surface area (Å²) in [6.45, 7) is 3.26. The maximum Gasteiger partial charge on any atom is 0.356 e. The van der Waals surface area contributed by atoms with E-state index in [9.17, 15) is 4.79 Å². The first-order valence-electron chi connectivity index (χ1n) is 3.68. The van der Waals surface area contributed by atoms with Crippen molar-refractivity contribution in [1.29, 1.82) is 0 Å². The Hall–Kier alpha value is -0.220. The molecule has 1 aliphatic heterocycles. The fourth-order valence-corrected chi connectivity index (χ4v) is 2.89. The first kappa shape index (κ1) is 8.87. The van der Waals surface area contributed by atoms with Gasteiger partial charge in [-0.05, 0) is 6.92 Å². The third kappa shape index (κ3) is 2.38. The SMILES string of the molecule is C[C@@H](C(=O)O)[S+]1CCOCC1. The second-order valence-electron chi connectivity index (χ2n) is 2.54. The number of carbonyl (C=O) groups is 1. The Morgan fingerprint density at radius 1 is 1.55 bits per heavy atom. The van der Waals surface area contributed by atoms with Crippen LogP contribution >= 0.6 is 0 Å². The predicted molar refractivity (Wildman–Crippen MR) is 45.0 cm³/mol. The molecule has 4 heteroatoms. The minimum atomic E-state index is -0.671. The lowest BCUT2D eigenvalue weighted by molar-refractivity contribution is -0.136. The third-order valence-electron chi connectivity index (χ3n) is 1.83. The van der Waals surface area contributed by atoms with Gasteiger partial charge in [0.05, 0.1) is 13.2 Å². The van der Waals surface area contributed by atoms with Crippen LogP contribution in [0.5, 0.6) is 0 Å². The molecule has 1 saturated heterocycles. The van der Waals surface area contributed by atoms with Crippen molar-refractivity contribution in [3.63, 3.8) is 0 Å². The molecule has 1 aliphatic rings. The van der Waals surface area contributed by atoms with Gasteiger partial charge in [0, 0.05) is 10.9 Å². The smallest absolute Gasteiger partial charge is 0.356 e. The van der Waals surface area contributed by atoms with Gasteiger partial charge in [-0.3, -0.25) is 0 Å². The van der Waals surface area contributed by atoms with Crippen LogP contribution in [-0.2, 0) is 20.4 Å². The van der Waals surface area contributed by atoms with E-state index in [2.05, 4.69) is 0 Å². The van der Waals surface area contributed by atoms with Gasteiger partial charge in [0.15, 0.2) is 0 Å². The molecule has 1 N–H and O–H groups in total. The molecule has 0 radical (unpaired) electrons. The average Bonchev–Trinajstić information content (AvgIpc) is 2.05. The van der Waals surface area contributed by atoms with Gasteiger partial charge in [-0.2, -0.15) is 0 Å². The van der Waals surface area contributed by atoms with E-state index < -0.39 is 5.97 Å². The van der Waals surface area contributed by atoms with E-state index in [1.807, 2.05) is 0 Å². The number of hydrogen-bond acceptors (Lipinski definition) is 2. The fraction of sp³-hybridized carbons (Fsp3) is 0.857. The highest BCUT2D eigenvalue weighted by Crippen LogP contribution is 2.10. The molecule has 0 aromatic rings. The summed E-state index contributed by atoms with van der Waals surface area (Å²) in [5.74, 6) is 1.18. The lowest BCUT2D eigenvalue weighted by Gasteiger charge is -2.16. The molecule has 0 spiro atoms. The fourth-order valence-electron chi connectivity index (χ4n) is 1.03. The molecule has 64 valence electrons. The van der Waals surface area contributed by atoms with Gasteiger partial charge in [-0.1, -0.05) is 0 Å². The van der Waals surface area contributed by atoms with Gasteiger partial charge in [0.1, 0.15) is 11.5 Å². The van der Waals surface area contributed by atoms with Crippen LogP contribution in [-0.4, -0.2) is 41.0 Å². The predicted octanol–water partition coefficient (Wildman–Crippen LogP) is 0.108. The van der Waals surface area contributed by atoms with E-state index in [1.165, 1.54) is 0 Å². The number of carboxylic acid groups (broad SMARTS) is 1. The average molecular weight is 177 g/mol. The van der Waals surface area contributed by atoms with Crippen molar-refractivity contribution < 1.29 is 14.6 Å². The maximum absolute atomic E-state index is 10.6. The van der Waals surface area contributed by atoms with Gasteiger partial charge < -0.3 is 9.84 Å². The molecule has 11 heavy (non-hydrogen) atoms. The highest BCUT2D eigenvalue weighted by molar-refractivity contribution is 7.98. The summed E-state index contributed by atoms with van der Waals surface area (Å²) in [6, 6.07) is 0. The summed E-state index contributed by atoms with van der Waals surface area (Å²) in [5, 5.41) is 8.52. The van der Waals surface area contributed by atoms with Crippen molar-refractivity contribution in [1.82, 2.24) is 0 Å². The first-order valence-corrected chi connectivity index (χ1v) is 5.31. The van der Waals surface area contributed by atoms with Gasteiger partial charge in [0.2, 0.25) is 5.25 Å². The van der Waals surface area contributed by atoms with Crippen LogP contribution < -0.4 is 0 Å². The number of carboxylic acids is 1. The Bertz CT molecular complexity index is 143. The Balaban J connectivity index is 2.38. The van der Waals surface area contributed by atoms with Crippen LogP contribution in [0.2, 0.25) is 0 Å². The van der Waals surface area contributed by atoms with E-state index >= 15 is 0 Å². The summed E-state index contributed by atoms with van der Waals surface area (Å²) in [7, 11) is 0.0559. The largest absolute Gasteiger partial charge is 0.478 e. The van der Waals surface area contributed by atoms with E-state index in [0.717, 1.165) is 24.7 Å². The lowest BCUT2D eigenvalue weighted by Crippen LogP contribution is -2.37. The summed E-state index contributed by atoms with van der Waals surface area (Å²) in [5.41, 5.74) is 0. The first-order chi connectivity index (χ1) is 5.22. The number of rotatable bonds is 2. The van der Waals surface area contributed by atoms with Crippen LogP contribution in [0.4, 0.5) is 0 Å². The minimum Gasteiger partial charge on any atom is -0.478 e. The number of ether oxygens (including phenoxy) is 1. The molecule has 1 rings (SSSR count). The van der Waals surface area contributed by atoms with Crippen molar-refractivity contribution in [2.75, 3.05) is 24.7 Å². The summed E-state index contributed by atoms with van der Waals surface area (Å²) in [4.78, 5) is 10.6. The highest BCUT2D eigenvalue weighted by atomic mass is 32.2. The van der Waals surface area contributed by atoms with Crippen LogP contribution in [0, 0.1) is 0 Å². The van der Waals surface area contributed by atoms with E-state index in [-0.39, 0.29) is 16.1 Å². The zero-order valence-electron chi connectivity index (χ0n) is 6.58. The van der Waals surface area contributed by atoms with Crippen molar-refractivity contribution in [3.05, 3.63) is 0 Å².